The van der Waals surface area contributed by atoms with E-state index < -0.39 is 0 Å². The number of carbonyl (C=O) groups is 1. The molecule has 0 N–H and O–H groups in total. The highest BCUT2D eigenvalue weighted by molar-refractivity contribution is 6.07. The third-order valence-corrected chi connectivity index (χ3v) is 5.32. The molecule has 1 fully saturated rings. The highest BCUT2D eigenvalue weighted by Gasteiger charge is 2.28. The zero-order valence-electron chi connectivity index (χ0n) is 16.4. The maximum atomic E-state index is 13.5. The van der Waals surface area contributed by atoms with Crippen LogP contribution in [0.15, 0.2) is 48.5 Å². The Morgan fingerprint density at radius 1 is 1.00 bits per heavy atom. The minimum Gasteiger partial charge on any atom is -0.454 e. The van der Waals surface area contributed by atoms with Crippen molar-refractivity contribution in [3.05, 3.63) is 54.1 Å². The maximum Gasteiger partial charge on any atom is 0.254 e. The van der Waals surface area contributed by atoms with Gasteiger partial charge in [-0.25, -0.2) is 4.98 Å². The quantitative estimate of drug-likeness (QED) is 0.665. The first kappa shape index (κ1) is 17.9. The number of rotatable bonds is 2. The van der Waals surface area contributed by atoms with Crippen molar-refractivity contribution in [2.45, 2.75) is 26.1 Å². The molecule has 29 heavy (non-hydrogen) atoms. The van der Waals surface area contributed by atoms with Crippen LogP contribution in [-0.2, 0) is 4.74 Å². The highest BCUT2D eigenvalue weighted by Crippen LogP contribution is 2.36. The molecule has 0 bridgehead atoms. The van der Waals surface area contributed by atoms with E-state index in [4.69, 9.17) is 19.2 Å². The lowest BCUT2D eigenvalue weighted by molar-refractivity contribution is -0.0585. The second kappa shape index (κ2) is 7.04. The summed E-state index contributed by atoms with van der Waals surface area (Å²) in [4.78, 5) is 20.1. The lowest BCUT2D eigenvalue weighted by atomic mass is 10.0. The lowest BCUT2D eigenvalue weighted by Gasteiger charge is -2.35. The van der Waals surface area contributed by atoms with Gasteiger partial charge in [0.15, 0.2) is 11.5 Å². The van der Waals surface area contributed by atoms with Crippen molar-refractivity contribution in [1.82, 2.24) is 9.88 Å². The minimum atomic E-state index is 0.00703. The molecule has 3 aromatic rings. The molecule has 0 spiro atoms. The van der Waals surface area contributed by atoms with Gasteiger partial charge in [-0.05, 0) is 44.2 Å². The molecule has 2 aromatic carbocycles. The Balaban J connectivity index is 1.60. The first-order chi connectivity index (χ1) is 14.1. The molecule has 2 aliphatic rings. The molecule has 3 heterocycles. The normalized spacial score (nSPS) is 20.8. The van der Waals surface area contributed by atoms with E-state index >= 15 is 0 Å². The second-order valence-corrected chi connectivity index (χ2v) is 7.61. The summed E-state index contributed by atoms with van der Waals surface area (Å²) in [7, 11) is 0. The first-order valence-electron chi connectivity index (χ1n) is 9.83. The fourth-order valence-corrected chi connectivity index (χ4v) is 4.07. The van der Waals surface area contributed by atoms with Crippen LogP contribution in [0.4, 0.5) is 0 Å². The smallest absolute Gasteiger partial charge is 0.254 e. The molecule has 5 rings (SSSR count). The van der Waals surface area contributed by atoms with Gasteiger partial charge in [-0.3, -0.25) is 4.79 Å². The maximum absolute atomic E-state index is 13.5. The van der Waals surface area contributed by atoms with Gasteiger partial charge in [0.05, 0.1) is 29.0 Å². The highest BCUT2D eigenvalue weighted by atomic mass is 16.7. The Kier molecular flexibility index (Phi) is 4.36. The third kappa shape index (κ3) is 3.29. The monoisotopic (exact) mass is 390 g/mol. The van der Waals surface area contributed by atoms with Crippen LogP contribution in [0.3, 0.4) is 0 Å². The van der Waals surface area contributed by atoms with E-state index in [1.807, 2.05) is 67.3 Å². The van der Waals surface area contributed by atoms with E-state index in [0.29, 0.717) is 24.4 Å². The largest absolute Gasteiger partial charge is 0.454 e. The number of hydrogen-bond donors (Lipinski definition) is 0. The SMILES string of the molecule is C[C@H]1CN(C(=O)c2cc(-c3ccc4c(c3)OCO4)nc3ccccc23)C[C@H](C)O1. The van der Waals surface area contributed by atoms with Gasteiger partial charge in [0.25, 0.3) is 5.91 Å². The number of hydrogen-bond acceptors (Lipinski definition) is 5. The van der Waals surface area contributed by atoms with Gasteiger partial charge >= 0.3 is 0 Å². The van der Waals surface area contributed by atoms with Gasteiger partial charge in [-0.1, -0.05) is 18.2 Å². The van der Waals surface area contributed by atoms with Crippen LogP contribution in [-0.4, -0.2) is 47.9 Å². The van der Waals surface area contributed by atoms with Crippen LogP contribution in [0, 0.1) is 0 Å². The van der Waals surface area contributed by atoms with Crippen LogP contribution in [0.5, 0.6) is 11.5 Å². The second-order valence-electron chi connectivity index (χ2n) is 7.61. The summed E-state index contributed by atoms with van der Waals surface area (Å²) >= 11 is 0. The van der Waals surface area contributed by atoms with Crippen molar-refractivity contribution >= 4 is 16.8 Å². The predicted octanol–water partition coefficient (Wildman–Crippen LogP) is 3.88. The van der Waals surface area contributed by atoms with E-state index in [1.165, 1.54) is 0 Å². The number of aromatic nitrogens is 1. The molecule has 1 aromatic heterocycles. The summed E-state index contributed by atoms with van der Waals surface area (Å²) in [5.74, 6) is 1.43. The number of benzene rings is 2. The zero-order valence-corrected chi connectivity index (χ0v) is 16.4. The molecule has 1 amide bonds. The standard InChI is InChI=1S/C23H22N2O4/c1-14-11-25(12-15(2)29-14)23(26)18-10-20(24-19-6-4-3-5-17(18)19)16-7-8-21-22(9-16)28-13-27-21/h3-10,14-15H,11-13H2,1-2H3/t14-,15-/m0/s1. The van der Waals surface area contributed by atoms with E-state index in [0.717, 1.165) is 27.9 Å². The Hall–Kier alpha value is -3.12. The molecular formula is C23H22N2O4. The molecular weight excluding hydrogens is 368 g/mol. The Morgan fingerprint density at radius 2 is 1.76 bits per heavy atom. The molecule has 0 unspecified atom stereocenters. The number of carbonyl (C=O) groups excluding carboxylic acids is 1. The Labute approximate surface area is 169 Å². The van der Waals surface area contributed by atoms with Gasteiger partial charge in [0.2, 0.25) is 6.79 Å². The number of ether oxygens (including phenoxy) is 3. The predicted molar refractivity (Wildman–Crippen MR) is 109 cm³/mol. The number of nitrogens with zero attached hydrogens (tertiary/aromatic N) is 2. The molecule has 1 saturated heterocycles. The molecule has 2 atom stereocenters. The zero-order chi connectivity index (χ0) is 20.0. The van der Waals surface area contributed by atoms with Crippen LogP contribution < -0.4 is 9.47 Å². The van der Waals surface area contributed by atoms with E-state index in [9.17, 15) is 4.79 Å². The summed E-state index contributed by atoms with van der Waals surface area (Å²) in [6.45, 7) is 5.39. The number of para-hydroxylation sites is 1. The van der Waals surface area contributed by atoms with E-state index in [1.54, 1.807) is 0 Å². The topological polar surface area (TPSA) is 60.9 Å². The summed E-state index contributed by atoms with van der Waals surface area (Å²) in [6, 6.07) is 15.4. The summed E-state index contributed by atoms with van der Waals surface area (Å²) in [6.07, 6.45) is 0.0354. The first-order valence-corrected chi connectivity index (χ1v) is 9.83. The fraction of sp³-hybridized carbons (Fsp3) is 0.304. The minimum absolute atomic E-state index is 0.00703. The third-order valence-electron chi connectivity index (χ3n) is 5.32. The van der Waals surface area contributed by atoms with Crippen molar-refractivity contribution < 1.29 is 19.0 Å². The van der Waals surface area contributed by atoms with Crippen LogP contribution in [0.1, 0.15) is 24.2 Å². The molecule has 6 nitrogen and oxygen atoms in total. The van der Waals surface area contributed by atoms with Crippen molar-refractivity contribution in [3.63, 3.8) is 0 Å². The van der Waals surface area contributed by atoms with E-state index in [2.05, 4.69) is 0 Å². The molecule has 2 aliphatic heterocycles. The van der Waals surface area contributed by atoms with Gasteiger partial charge in [0, 0.05) is 24.0 Å². The van der Waals surface area contributed by atoms with Gasteiger partial charge in [0.1, 0.15) is 0 Å². The average molecular weight is 390 g/mol. The molecule has 0 aliphatic carbocycles. The number of pyridine rings is 1. The number of amides is 1. The Bertz CT molecular complexity index is 1090. The molecule has 6 heteroatoms. The fourth-order valence-electron chi connectivity index (χ4n) is 4.07. The summed E-state index contributed by atoms with van der Waals surface area (Å²) in [5.41, 5.74) is 3.07. The van der Waals surface area contributed by atoms with Gasteiger partial charge in [-0.15, -0.1) is 0 Å². The average Bonchev–Trinajstić information content (AvgIpc) is 3.19. The van der Waals surface area contributed by atoms with Gasteiger partial charge in [-0.2, -0.15) is 0 Å². The van der Waals surface area contributed by atoms with Crippen LogP contribution >= 0.6 is 0 Å². The van der Waals surface area contributed by atoms with Crippen molar-refractivity contribution in [2.24, 2.45) is 0 Å². The number of fused-ring (bicyclic) bond motifs is 2. The van der Waals surface area contributed by atoms with Crippen molar-refractivity contribution in [3.8, 4) is 22.8 Å². The summed E-state index contributed by atoms with van der Waals surface area (Å²) in [5, 5.41) is 0.855. The molecule has 0 saturated carbocycles. The van der Waals surface area contributed by atoms with E-state index in [-0.39, 0.29) is 24.9 Å². The van der Waals surface area contributed by atoms with Crippen LogP contribution in [0.2, 0.25) is 0 Å². The summed E-state index contributed by atoms with van der Waals surface area (Å²) < 4.78 is 16.7. The lowest BCUT2D eigenvalue weighted by Crippen LogP contribution is -2.48. The van der Waals surface area contributed by atoms with Crippen molar-refractivity contribution in [1.29, 1.82) is 0 Å². The molecule has 148 valence electrons. The van der Waals surface area contributed by atoms with Gasteiger partial charge < -0.3 is 19.1 Å². The number of morpholine rings is 1. The molecule has 0 radical (unpaired) electrons. The van der Waals surface area contributed by atoms with Crippen molar-refractivity contribution in [2.75, 3.05) is 19.9 Å². The Morgan fingerprint density at radius 3 is 2.59 bits per heavy atom. The van der Waals surface area contributed by atoms with Crippen LogP contribution in [0.25, 0.3) is 22.2 Å².